The highest BCUT2D eigenvalue weighted by atomic mass is 16.3. The molecule has 1 heterocycles. The van der Waals surface area contributed by atoms with Gasteiger partial charge in [-0.25, -0.2) is 0 Å². The monoisotopic (exact) mass is 182 g/mol. The Morgan fingerprint density at radius 2 is 2.15 bits per heavy atom. The fourth-order valence-electron chi connectivity index (χ4n) is 1.36. The predicted molar refractivity (Wildman–Crippen MR) is 52.6 cm³/mol. The van der Waals surface area contributed by atoms with Gasteiger partial charge in [0.15, 0.2) is 0 Å². The van der Waals surface area contributed by atoms with Gasteiger partial charge >= 0.3 is 0 Å². The summed E-state index contributed by atoms with van der Waals surface area (Å²) in [6.45, 7) is 6.04. The fourth-order valence-corrected chi connectivity index (χ4v) is 1.36. The van der Waals surface area contributed by atoms with Crippen LogP contribution in [0.15, 0.2) is 12.3 Å². The van der Waals surface area contributed by atoms with Crippen molar-refractivity contribution in [3.8, 4) is 0 Å². The van der Waals surface area contributed by atoms with Crippen LogP contribution in [0.2, 0.25) is 0 Å². The lowest BCUT2D eigenvalue weighted by Gasteiger charge is -2.11. The molecular formula is C10H18N2O. The predicted octanol–water partition coefficient (Wildman–Crippen LogP) is 1.78. The summed E-state index contributed by atoms with van der Waals surface area (Å²) >= 11 is 0. The zero-order chi connectivity index (χ0) is 9.84. The summed E-state index contributed by atoms with van der Waals surface area (Å²) in [5.41, 5.74) is 1.20. The van der Waals surface area contributed by atoms with Crippen LogP contribution in [-0.2, 0) is 6.42 Å². The summed E-state index contributed by atoms with van der Waals surface area (Å²) in [7, 11) is 0. The second-order valence-electron chi connectivity index (χ2n) is 3.75. The lowest BCUT2D eigenvalue weighted by molar-refractivity contribution is 0.184. The summed E-state index contributed by atoms with van der Waals surface area (Å²) < 4.78 is 2.00. The molecule has 74 valence electrons. The minimum Gasteiger partial charge on any atom is -0.393 e. The van der Waals surface area contributed by atoms with Crippen LogP contribution in [-0.4, -0.2) is 21.0 Å². The number of aryl methyl sites for hydroxylation is 1. The molecule has 0 aliphatic carbocycles. The van der Waals surface area contributed by atoms with E-state index in [1.165, 1.54) is 5.69 Å². The molecule has 0 spiro atoms. The number of aromatic nitrogens is 2. The Kier molecular flexibility index (Phi) is 3.48. The second kappa shape index (κ2) is 4.42. The van der Waals surface area contributed by atoms with E-state index in [0.717, 1.165) is 12.8 Å². The third-order valence-electron chi connectivity index (χ3n) is 2.06. The highest BCUT2D eigenvalue weighted by molar-refractivity contribution is 5.01. The molecule has 1 N–H and O–H groups in total. The highest BCUT2D eigenvalue weighted by Gasteiger charge is 2.06. The summed E-state index contributed by atoms with van der Waals surface area (Å²) in [5, 5.41) is 13.4. The van der Waals surface area contributed by atoms with Crippen molar-refractivity contribution in [3.05, 3.63) is 18.0 Å². The van der Waals surface area contributed by atoms with E-state index in [9.17, 15) is 0 Å². The fraction of sp³-hybridized carbons (Fsp3) is 0.700. The van der Waals surface area contributed by atoms with Crippen LogP contribution in [0, 0.1) is 0 Å². The first-order chi connectivity index (χ1) is 6.11. The molecule has 1 aromatic rings. The number of hydrogen-bond acceptors (Lipinski definition) is 2. The Bertz CT molecular complexity index is 253. The molecule has 13 heavy (non-hydrogen) atoms. The molecule has 3 nitrogen and oxygen atoms in total. The van der Waals surface area contributed by atoms with Crippen molar-refractivity contribution in [1.29, 1.82) is 0 Å². The smallest absolute Gasteiger partial charge is 0.0515 e. The molecule has 1 aromatic heterocycles. The molecule has 1 rings (SSSR count). The van der Waals surface area contributed by atoms with Crippen molar-refractivity contribution < 1.29 is 5.11 Å². The van der Waals surface area contributed by atoms with Crippen molar-refractivity contribution in [3.63, 3.8) is 0 Å². The van der Waals surface area contributed by atoms with Gasteiger partial charge in [-0.1, -0.05) is 0 Å². The quantitative estimate of drug-likeness (QED) is 0.770. The number of aliphatic hydroxyl groups is 1. The minimum absolute atomic E-state index is 0.226. The van der Waals surface area contributed by atoms with Crippen LogP contribution >= 0.6 is 0 Å². The lowest BCUT2D eigenvalue weighted by atomic mass is 10.1. The van der Waals surface area contributed by atoms with E-state index in [0.29, 0.717) is 6.04 Å². The van der Waals surface area contributed by atoms with Gasteiger partial charge in [0.1, 0.15) is 0 Å². The zero-order valence-electron chi connectivity index (χ0n) is 8.57. The Labute approximate surface area is 79.4 Å². The van der Waals surface area contributed by atoms with Gasteiger partial charge in [0.05, 0.1) is 6.10 Å². The maximum Gasteiger partial charge on any atom is 0.0515 e. The van der Waals surface area contributed by atoms with Gasteiger partial charge in [-0.15, -0.1) is 0 Å². The SMILES string of the molecule is CC(C)n1nccc1CC[C@H](C)O. The van der Waals surface area contributed by atoms with Gasteiger partial charge in [-0.3, -0.25) is 4.68 Å². The molecule has 0 aromatic carbocycles. The second-order valence-corrected chi connectivity index (χ2v) is 3.75. The molecule has 1 atom stereocenters. The van der Waals surface area contributed by atoms with Crippen LogP contribution in [0.1, 0.15) is 38.9 Å². The molecule has 0 radical (unpaired) electrons. The average Bonchev–Trinajstić information content (AvgIpc) is 2.47. The minimum atomic E-state index is -0.226. The summed E-state index contributed by atoms with van der Waals surface area (Å²) in [6, 6.07) is 2.42. The van der Waals surface area contributed by atoms with Crippen molar-refractivity contribution in [2.75, 3.05) is 0 Å². The zero-order valence-corrected chi connectivity index (χ0v) is 8.57. The maximum absolute atomic E-state index is 9.15. The van der Waals surface area contributed by atoms with E-state index in [4.69, 9.17) is 5.11 Å². The van der Waals surface area contributed by atoms with E-state index in [2.05, 4.69) is 18.9 Å². The van der Waals surface area contributed by atoms with E-state index < -0.39 is 0 Å². The number of nitrogens with zero attached hydrogens (tertiary/aromatic N) is 2. The van der Waals surface area contributed by atoms with E-state index in [1.807, 2.05) is 23.9 Å². The average molecular weight is 182 g/mol. The Hall–Kier alpha value is -0.830. The number of rotatable bonds is 4. The Morgan fingerprint density at radius 1 is 1.46 bits per heavy atom. The van der Waals surface area contributed by atoms with E-state index in [1.54, 1.807) is 0 Å². The lowest BCUT2D eigenvalue weighted by Crippen LogP contribution is -2.09. The molecule has 0 saturated carbocycles. The van der Waals surface area contributed by atoms with Crippen molar-refractivity contribution in [2.24, 2.45) is 0 Å². The first-order valence-electron chi connectivity index (χ1n) is 4.81. The molecule has 3 heteroatoms. The summed E-state index contributed by atoms with van der Waals surface area (Å²) in [6.07, 6.45) is 3.29. The van der Waals surface area contributed by atoms with Gasteiger partial charge in [0.25, 0.3) is 0 Å². The van der Waals surface area contributed by atoms with Crippen LogP contribution < -0.4 is 0 Å². The standard InChI is InChI=1S/C10H18N2O/c1-8(2)12-10(6-7-11-12)5-4-9(3)13/h6-9,13H,4-5H2,1-3H3/t9-/m0/s1. The Morgan fingerprint density at radius 3 is 2.69 bits per heavy atom. The van der Waals surface area contributed by atoms with Crippen LogP contribution in [0.3, 0.4) is 0 Å². The number of aliphatic hydroxyl groups excluding tert-OH is 1. The third-order valence-corrected chi connectivity index (χ3v) is 2.06. The first kappa shape index (κ1) is 10.3. The molecule has 0 fully saturated rings. The van der Waals surface area contributed by atoms with Gasteiger partial charge in [-0.2, -0.15) is 5.10 Å². The maximum atomic E-state index is 9.15. The molecule has 0 bridgehead atoms. The van der Waals surface area contributed by atoms with Gasteiger partial charge < -0.3 is 5.11 Å². The van der Waals surface area contributed by atoms with E-state index in [-0.39, 0.29) is 6.10 Å². The van der Waals surface area contributed by atoms with E-state index >= 15 is 0 Å². The first-order valence-corrected chi connectivity index (χ1v) is 4.81. The van der Waals surface area contributed by atoms with Gasteiger partial charge in [0.2, 0.25) is 0 Å². The largest absolute Gasteiger partial charge is 0.393 e. The molecule has 0 saturated heterocycles. The molecule has 0 aliphatic rings. The molecule has 0 amide bonds. The van der Waals surface area contributed by atoms with Crippen molar-refractivity contribution in [2.45, 2.75) is 45.8 Å². The molecule has 0 aliphatic heterocycles. The van der Waals surface area contributed by atoms with Crippen molar-refractivity contribution in [1.82, 2.24) is 9.78 Å². The third kappa shape index (κ3) is 2.84. The number of hydrogen-bond donors (Lipinski definition) is 1. The van der Waals surface area contributed by atoms with Crippen LogP contribution in [0.4, 0.5) is 0 Å². The van der Waals surface area contributed by atoms with Gasteiger partial charge in [-0.05, 0) is 39.7 Å². The van der Waals surface area contributed by atoms with Gasteiger partial charge in [0, 0.05) is 17.9 Å². The topological polar surface area (TPSA) is 38.0 Å². The van der Waals surface area contributed by atoms with Crippen LogP contribution in [0.5, 0.6) is 0 Å². The highest BCUT2D eigenvalue weighted by Crippen LogP contribution is 2.10. The summed E-state index contributed by atoms with van der Waals surface area (Å²) in [4.78, 5) is 0. The van der Waals surface area contributed by atoms with Crippen molar-refractivity contribution >= 4 is 0 Å². The Balaban J connectivity index is 2.60. The van der Waals surface area contributed by atoms with Crippen LogP contribution in [0.25, 0.3) is 0 Å². The normalized spacial score (nSPS) is 13.6. The molecule has 0 unspecified atom stereocenters. The summed E-state index contributed by atoms with van der Waals surface area (Å²) in [5.74, 6) is 0. The molecular weight excluding hydrogens is 164 g/mol.